The number of nitrogens with two attached hydrogens (primary N) is 1. The molecule has 0 unspecified atom stereocenters. The molecule has 10 nitrogen and oxygen atoms in total. The number of ether oxygens (including phenoxy) is 1. The Labute approximate surface area is 172 Å². The molecule has 30 heavy (non-hydrogen) atoms. The zero-order valence-electron chi connectivity index (χ0n) is 16.5. The second kappa shape index (κ2) is 7.82. The maximum Gasteiger partial charge on any atom is 0.271 e. The molecule has 1 aromatic carbocycles. The Bertz CT molecular complexity index is 1120. The van der Waals surface area contributed by atoms with Crippen LogP contribution >= 0.6 is 0 Å². The number of amides is 2. The Morgan fingerprint density at radius 3 is 2.67 bits per heavy atom. The molecule has 0 saturated heterocycles. The number of para-hydroxylation sites is 1. The predicted molar refractivity (Wildman–Crippen MR) is 110 cm³/mol. The van der Waals surface area contributed by atoms with Gasteiger partial charge in [0.1, 0.15) is 5.75 Å². The summed E-state index contributed by atoms with van der Waals surface area (Å²) in [5.41, 5.74) is 8.01. The Morgan fingerprint density at radius 1 is 1.23 bits per heavy atom. The van der Waals surface area contributed by atoms with Crippen LogP contribution in [0.2, 0.25) is 0 Å². The van der Waals surface area contributed by atoms with Gasteiger partial charge in [-0.1, -0.05) is 12.1 Å². The van der Waals surface area contributed by atoms with Gasteiger partial charge in [-0.3, -0.25) is 14.3 Å². The number of nitrogens with one attached hydrogen (secondary N) is 2. The molecule has 1 aliphatic carbocycles. The van der Waals surface area contributed by atoms with Gasteiger partial charge in [-0.15, -0.1) is 10.2 Å². The van der Waals surface area contributed by atoms with Gasteiger partial charge in [-0.05, 0) is 18.9 Å². The third-order valence-corrected chi connectivity index (χ3v) is 4.73. The summed E-state index contributed by atoms with van der Waals surface area (Å²) in [6.07, 6.45) is 5.33. The molecule has 4 rings (SSSR count). The Hall–Kier alpha value is -3.95. The molecular formula is C20H21N7O3. The van der Waals surface area contributed by atoms with E-state index in [-0.39, 0.29) is 23.3 Å². The van der Waals surface area contributed by atoms with E-state index in [2.05, 4.69) is 25.9 Å². The summed E-state index contributed by atoms with van der Waals surface area (Å²) in [5.74, 6) is -0.0518. The summed E-state index contributed by atoms with van der Waals surface area (Å²) in [5, 5.41) is 17.8. The highest BCUT2D eigenvalue weighted by Gasteiger charge is 2.30. The maximum atomic E-state index is 12.0. The van der Waals surface area contributed by atoms with Gasteiger partial charge < -0.3 is 21.1 Å². The quantitative estimate of drug-likeness (QED) is 0.545. The van der Waals surface area contributed by atoms with Crippen molar-refractivity contribution < 1.29 is 14.3 Å². The number of primary amides is 1. The van der Waals surface area contributed by atoms with Crippen molar-refractivity contribution >= 4 is 29.0 Å². The molecule has 1 fully saturated rings. The van der Waals surface area contributed by atoms with E-state index < -0.39 is 5.91 Å². The highest BCUT2D eigenvalue weighted by Crippen LogP contribution is 2.38. The number of carbonyl (C=O) groups is 2. The van der Waals surface area contributed by atoms with Crippen LogP contribution in [0.15, 0.2) is 36.7 Å². The van der Waals surface area contributed by atoms with Crippen LogP contribution in [0, 0.1) is 5.92 Å². The average molecular weight is 407 g/mol. The number of aryl methyl sites for hydroxylation is 1. The Kier molecular flexibility index (Phi) is 5.05. The van der Waals surface area contributed by atoms with Crippen molar-refractivity contribution in [1.29, 1.82) is 0 Å². The van der Waals surface area contributed by atoms with Crippen molar-refractivity contribution in [2.45, 2.75) is 12.8 Å². The molecule has 10 heteroatoms. The monoisotopic (exact) mass is 407 g/mol. The zero-order valence-corrected chi connectivity index (χ0v) is 16.5. The van der Waals surface area contributed by atoms with Gasteiger partial charge in [-0.2, -0.15) is 5.10 Å². The number of carbonyl (C=O) groups excluding carboxylic acids is 2. The molecule has 0 spiro atoms. The van der Waals surface area contributed by atoms with Gasteiger partial charge >= 0.3 is 0 Å². The van der Waals surface area contributed by atoms with Crippen LogP contribution < -0.4 is 21.1 Å². The van der Waals surface area contributed by atoms with Gasteiger partial charge in [0, 0.05) is 36.4 Å². The van der Waals surface area contributed by atoms with Gasteiger partial charge in [-0.25, -0.2) is 0 Å². The lowest BCUT2D eigenvalue weighted by Crippen LogP contribution is -2.19. The number of hydrogen-bond acceptors (Lipinski definition) is 7. The first-order chi connectivity index (χ1) is 14.5. The standard InChI is InChI=1S/C20H21N7O3/c1-27-10-12(9-22-27)13-4-3-5-14(18(13)30-2)23-15-8-16(24-20(29)11-6-7-11)25-26-17(15)19(21)28/h3-5,8-11H,6-7H2,1-2H3,(H2,21,28)(H2,23,24,25,29). The number of rotatable bonds is 7. The Balaban J connectivity index is 1.70. The molecule has 154 valence electrons. The number of aromatic nitrogens is 4. The minimum absolute atomic E-state index is 0.00952. The molecule has 0 bridgehead atoms. The van der Waals surface area contributed by atoms with E-state index in [1.807, 2.05) is 25.4 Å². The van der Waals surface area contributed by atoms with Crippen molar-refractivity contribution in [1.82, 2.24) is 20.0 Å². The average Bonchev–Trinajstić information content (AvgIpc) is 3.49. The third kappa shape index (κ3) is 3.93. The van der Waals surface area contributed by atoms with Crippen LogP contribution in [0.3, 0.4) is 0 Å². The summed E-state index contributed by atoms with van der Waals surface area (Å²) in [6.45, 7) is 0. The van der Waals surface area contributed by atoms with E-state index in [9.17, 15) is 9.59 Å². The SMILES string of the molecule is COc1c(Nc2cc(NC(=O)C3CC3)nnc2C(N)=O)cccc1-c1cnn(C)c1. The van der Waals surface area contributed by atoms with Crippen molar-refractivity contribution in [3.63, 3.8) is 0 Å². The molecule has 1 aliphatic rings. The summed E-state index contributed by atoms with van der Waals surface area (Å²) < 4.78 is 7.32. The summed E-state index contributed by atoms with van der Waals surface area (Å²) in [6, 6.07) is 7.08. The number of anilines is 3. The molecule has 4 N–H and O–H groups in total. The molecule has 0 atom stereocenters. The molecule has 2 amide bonds. The van der Waals surface area contributed by atoms with Crippen molar-refractivity contribution in [2.75, 3.05) is 17.7 Å². The summed E-state index contributed by atoms with van der Waals surface area (Å²) in [7, 11) is 3.39. The lowest BCUT2D eigenvalue weighted by atomic mass is 10.1. The van der Waals surface area contributed by atoms with Crippen LogP contribution in [0.5, 0.6) is 5.75 Å². The lowest BCUT2D eigenvalue weighted by molar-refractivity contribution is -0.117. The third-order valence-electron chi connectivity index (χ3n) is 4.73. The Morgan fingerprint density at radius 2 is 2.03 bits per heavy atom. The predicted octanol–water partition coefficient (Wildman–Crippen LogP) is 2.08. The van der Waals surface area contributed by atoms with E-state index in [1.165, 1.54) is 6.07 Å². The van der Waals surface area contributed by atoms with E-state index >= 15 is 0 Å². The van der Waals surface area contributed by atoms with Gasteiger partial charge in [0.2, 0.25) is 5.91 Å². The molecule has 3 aromatic rings. The second-order valence-electron chi connectivity index (χ2n) is 7.03. The van der Waals surface area contributed by atoms with Crippen LogP contribution in [0.1, 0.15) is 23.3 Å². The highest BCUT2D eigenvalue weighted by atomic mass is 16.5. The fraction of sp³-hybridized carbons (Fsp3) is 0.250. The number of nitrogens with zero attached hydrogens (tertiary/aromatic N) is 4. The first-order valence-electron chi connectivity index (χ1n) is 9.37. The van der Waals surface area contributed by atoms with Crippen LogP contribution in [-0.4, -0.2) is 38.9 Å². The van der Waals surface area contributed by atoms with Crippen molar-refractivity contribution in [3.05, 3.63) is 42.4 Å². The van der Waals surface area contributed by atoms with Gasteiger partial charge in [0.05, 0.1) is 24.7 Å². The summed E-state index contributed by atoms with van der Waals surface area (Å²) in [4.78, 5) is 23.9. The van der Waals surface area contributed by atoms with Gasteiger partial charge in [0.15, 0.2) is 11.5 Å². The number of hydrogen-bond donors (Lipinski definition) is 3. The lowest BCUT2D eigenvalue weighted by Gasteiger charge is -2.16. The van der Waals surface area contributed by atoms with E-state index in [0.717, 1.165) is 24.0 Å². The fourth-order valence-electron chi connectivity index (χ4n) is 3.09. The van der Waals surface area contributed by atoms with E-state index in [4.69, 9.17) is 10.5 Å². The minimum atomic E-state index is -0.743. The normalized spacial score (nSPS) is 13.0. The first-order valence-corrected chi connectivity index (χ1v) is 9.37. The first kappa shape index (κ1) is 19.4. The molecule has 0 aliphatic heterocycles. The fourth-order valence-corrected chi connectivity index (χ4v) is 3.09. The molecule has 1 saturated carbocycles. The smallest absolute Gasteiger partial charge is 0.271 e. The van der Waals surface area contributed by atoms with Gasteiger partial charge in [0.25, 0.3) is 5.91 Å². The number of benzene rings is 1. The largest absolute Gasteiger partial charge is 0.494 e. The minimum Gasteiger partial charge on any atom is -0.494 e. The van der Waals surface area contributed by atoms with Crippen molar-refractivity contribution in [3.8, 4) is 16.9 Å². The molecule has 2 heterocycles. The maximum absolute atomic E-state index is 12.0. The number of methoxy groups -OCH3 is 1. The molecular weight excluding hydrogens is 386 g/mol. The van der Waals surface area contributed by atoms with Crippen molar-refractivity contribution in [2.24, 2.45) is 18.7 Å². The second-order valence-corrected chi connectivity index (χ2v) is 7.03. The van der Waals surface area contributed by atoms with E-state index in [1.54, 1.807) is 24.1 Å². The highest BCUT2D eigenvalue weighted by molar-refractivity contribution is 5.99. The van der Waals surface area contributed by atoms with Crippen LogP contribution in [0.4, 0.5) is 17.2 Å². The topological polar surface area (TPSA) is 137 Å². The van der Waals surface area contributed by atoms with E-state index in [0.29, 0.717) is 17.1 Å². The molecule has 2 aromatic heterocycles. The van der Waals surface area contributed by atoms with Crippen LogP contribution in [0.25, 0.3) is 11.1 Å². The summed E-state index contributed by atoms with van der Waals surface area (Å²) >= 11 is 0. The molecule has 0 radical (unpaired) electrons. The zero-order chi connectivity index (χ0) is 21.3. The van der Waals surface area contributed by atoms with Crippen LogP contribution in [-0.2, 0) is 11.8 Å².